The normalized spacial score (nSPS) is 38.7. The van der Waals surface area contributed by atoms with Crippen molar-refractivity contribution in [3.8, 4) is 0 Å². The van der Waals surface area contributed by atoms with Crippen molar-refractivity contribution in [3.63, 3.8) is 0 Å². The SMILES string of the molecule is CN1CCCC1CC1(C)OCC(CC(=O)O)O1. The Morgan fingerprint density at radius 1 is 1.59 bits per heavy atom. The summed E-state index contributed by atoms with van der Waals surface area (Å²) in [5.41, 5.74) is 0. The molecule has 2 rings (SSSR count). The third kappa shape index (κ3) is 3.18. The molecule has 0 aliphatic carbocycles. The number of rotatable bonds is 4. The second-order valence-corrected chi connectivity index (χ2v) is 5.26. The van der Waals surface area contributed by atoms with E-state index in [1.165, 1.54) is 12.8 Å². The van der Waals surface area contributed by atoms with Crippen molar-refractivity contribution in [2.45, 2.75) is 50.5 Å². The van der Waals surface area contributed by atoms with Crippen LogP contribution in [0.3, 0.4) is 0 Å². The summed E-state index contributed by atoms with van der Waals surface area (Å²) in [7, 11) is 2.12. The predicted octanol–water partition coefficient (Wildman–Crippen LogP) is 1.08. The van der Waals surface area contributed by atoms with Gasteiger partial charge in [0.1, 0.15) is 0 Å². The van der Waals surface area contributed by atoms with E-state index in [-0.39, 0.29) is 12.5 Å². The van der Waals surface area contributed by atoms with Gasteiger partial charge in [0.15, 0.2) is 5.79 Å². The lowest BCUT2D eigenvalue weighted by molar-refractivity contribution is -0.169. The fraction of sp³-hybridized carbons (Fsp3) is 0.917. The van der Waals surface area contributed by atoms with E-state index < -0.39 is 11.8 Å². The molecule has 2 saturated heterocycles. The van der Waals surface area contributed by atoms with Crippen LogP contribution in [0.2, 0.25) is 0 Å². The Morgan fingerprint density at radius 3 is 2.94 bits per heavy atom. The zero-order valence-electron chi connectivity index (χ0n) is 10.5. The van der Waals surface area contributed by atoms with Gasteiger partial charge in [0.25, 0.3) is 0 Å². The van der Waals surface area contributed by atoms with Gasteiger partial charge in [-0.25, -0.2) is 0 Å². The zero-order valence-corrected chi connectivity index (χ0v) is 10.5. The molecule has 0 aromatic heterocycles. The largest absolute Gasteiger partial charge is 0.481 e. The molecule has 2 aliphatic heterocycles. The first-order chi connectivity index (χ1) is 7.98. The number of aliphatic carboxylic acids is 1. The Morgan fingerprint density at radius 2 is 2.35 bits per heavy atom. The highest BCUT2D eigenvalue weighted by Crippen LogP contribution is 2.33. The summed E-state index contributed by atoms with van der Waals surface area (Å²) in [6.07, 6.45) is 2.93. The van der Waals surface area contributed by atoms with Crippen LogP contribution in [-0.2, 0) is 14.3 Å². The number of likely N-dealkylation sites (tertiary alicyclic amines) is 1. The number of hydrogen-bond donors (Lipinski definition) is 1. The maximum atomic E-state index is 10.6. The van der Waals surface area contributed by atoms with Crippen LogP contribution in [0.15, 0.2) is 0 Å². The monoisotopic (exact) mass is 243 g/mol. The Bertz CT molecular complexity index is 296. The van der Waals surface area contributed by atoms with Gasteiger partial charge in [0.2, 0.25) is 0 Å². The molecule has 0 radical (unpaired) electrons. The van der Waals surface area contributed by atoms with Gasteiger partial charge in [-0.3, -0.25) is 4.79 Å². The van der Waals surface area contributed by atoms with Crippen molar-refractivity contribution in [2.24, 2.45) is 0 Å². The summed E-state index contributed by atoms with van der Waals surface area (Å²) in [6.45, 7) is 3.43. The molecule has 5 heteroatoms. The van der Waals surface area contributed by atoms with Crippen LogP contribution < -0.4 is 0 Å². The van der Waals surface area contributed by atoms with Gasteiger partial charge in [-0.05, 0) is 33.4 Å². The second kappa shape index (κ2) is 4.92. The van der Waals surface area contributed by atoms with Crippen molar-refractivity contribution in [3.05, 3.63) is 0 Å². The second-order valence-electron chi connectivity index (χ2n) is 5.26. The van der Waals surface area contributed by atoms with Gasteiger partial charge >= 0.3 is 5.97 Å². The number of ether oxygens (including phenoxy) is 2. The van der Waals surface area contributed by atoms with Crippen LogP contribution in [0.4, 0.5) is 0 Å². The van der Waals surface area contributed by atoms with Crippen LogP contribution in [0, 0.1) is 0 Å². The van der Waals surface area contributed by atoms with E-state index >= 15 is 0 Å². The van der Waals surface area contributed by atoms with E-state index in [1.807, 2.05) is 6.92 Å². The van der Waals surface area contributed by atoms with E-state index in [4.69, 9.17) is 14.6 Å². The Kier molecular flexibility index (Phi) is 3.70. The molecule has 2 fully saturated rings. The van der Waals surface area contributed by atoms with Crippen molar-refractivity contribution >= 4 is 5.97 Å². The molecule has 0 spiro atoms. The topological polar surface area (TPSA) is 59.0 Å². The molecule has 98 valence electrons. The summed E-state index contributed by atoms with van der Waals surface area (Å²) in [5.74, 6) is -1.44. The smallest absolute Gasteiger partial charge is 0.306 e. The van der Waals surface area contributed by atoms with E-state index in [0.29, 0.717) is 12.6 Å². The first-order valence-electron chi connectivity index (χ1n) is 6.22. The van der Waals surface area contributed by atoms with Crippen LogP contribution in [0.25, 0.3) is 0 Å². The average Bonchev–Trinajstić information content (AvgIpc) is 2.75. The number of hydrogen-bond acceptors (Lipinski definition) is 4. The Labute approximate surface area is 102 Å². The van der Waals surface area contributed by atoms with Crippen molar-refractivity contribution in [2.75, 3.05) is 20.2 Å². The van der Waals surface area contributed by atoms with Crippen molar-refractivity contribution < 1.29 is 19.4 Å². The van der Waals surface area contributed by atoms with Gasteiger partial charge in [0.05, 0.1) is 19.1 Å². The molecule has 1 N–H and O–H groups in total. The van der Waals surface area contributed by atoms with Gasteiger partial charge in [-0.1, -0.05) is 0 Å². The molecule has 17 heavy (non-hydrogen) atoms. The van der Waals surface area contributed by atoms with Gasteiger partial charge in [-0.15, -0.1) is 0 Å². The first-order valence-corrected chi connectivity index (χ1v) is 6.22. The summed E-state index contributed by atoms with van der Waals surface area (Å²) in [4.78, 5) is 12.9. The molecule has 2 heterocycles. The van der Waals surface area contributed by atoms with Crippen LogP contribution in [0.1, 0.15) is 32.6 Å². The molecule has 0 saturated carbocycles. The minimum atomic E-state index is -0.833. The van der Waals surface area contributed by atoms with Crippen LogP contribution >= 0.6 is 0 Å². The highest BCUT2D eigenvalue weighted by Gasteiger charge is 2.41. The molecule has 5 nitrogen and oxygen atoms in total. The minimum Gasteiger partial charge on any atom is -0.481 e. The minimum absolute atomic E-state index is 0.0239. The molecule has 3 unspecified atom stereocenters. The summed E-state index contributed by atoms with van der Waals surface area (Å²) < 4.78 is 11.4. The lowest BCUT2D eigenvalue weighted by Crippen LogP contribution is -2.37. The number of carboxylic acid groups (broad SMARTS) is 1. The third-order valence-corrected chi connectivity index (χ3v) is 3.67. The van der Waals surface area contributed by atoms with E-state index in [1.54, 1.807) is 0 Å². The predicted molar refractivity (Wildman–Crippen MR) is 61.8 cm³/mol. The van der Waals surface area contributed by atoms with Crippen molar-refractivity contribution in [1.29, 1.82) is 0 Å². The Balaban J connectivity index is 1.86. The summed E-state index contributed by atoms with van der Waals surface area (Å²) in [6, 6.07) is 0.489. The highest BCUT2D eigenvalue weighted by molar-refractivity contribution is 5.67. The highest BCUT2D eigenvalue weighted by atomic mass is 16.7. The third-order valence-electron chi connectivity index (χ3n) is 3.67. The number of carbonyl (C=O) groups is 1. The van der Waals surface area contributed by atoms with Gasteiger partial charge in [0, 0.05) is 12.5 Å². The van der Waals surface area contributed by atoms with Crippen LogP contribution in [-0.4, -0.2) is 54.1 Å². The van der Waals surface area contributed by atoms with E-state index in [0.717, 1.165) is 13.0 Å². The maximum Gasteiger partial charge on any atom is 0.306 e. The standard InChI is InChI=1S/C12H21NO4/c1-12(7-9-4-3-5-13(9)2)16-8-10(17-12)6-11(14)15/h9-10H,3-8H2,1-2H3,(H,14,15). The summed E-state index contributed by atoms with van der Waals surface area (Å²) >= 11 is 0. The molecular formula is C12H21NO4. The van der Waals surface area contributed by atoms with Gasteiger partial charge < -0.3 is 19.5 Å². The lowest BCUT2D eigenvalue weighted by atomic mass is 10.1. The molecule has 0 aromatic rings. The fourth-order valence-electron chi connectivity index (χ4n) is 2.76. The Hall–Kier alpha value is -0.650. The van der Waals surface area contributed by atoms with E-state index in [2.05, 4.69) is 11.9 Å². The van der Waals surface area contributed by atoms with Crippen molar-refractivity contribution in [1.82, 2.24) is 4.90 Å². The van der Waals surface area contributed by atoms with Gasteiger partial charge in [-0.2, -0.15) is 0 Å². The van der Waals surface area contributed by atoms with E-state index in [9.17, 15) is 4.79 Å². The molecule has 0 aromatic carbocycles. The van der Waals surface area contributed by atoms with Crippen LogP contribution in [0.5, 0.6) is 0 Å². The summed E-state index contributed by atoms with van der Waals surface area (Å²) in [5, 5.41) is 8.73. The molecule has 0 amide bonds. The quantitative estimate of drug-likeness (QED) is 0.800. The molecule has 3 atom stereocenters. The first kappa shape index (κ1) is 12.8. The number of carboxylic acids is 1. The zero-order chi connectivity index (χ0) is 12.5. The lowest BCUT2D eigenvalue weighted by Gasteiger charge is -2.29. The molecule has 0 bridgehead atoms. The average molecular weight is 243 g/mol. The molecule has 2 aliphatic rings. The maximum absolute atomic E-state index is 10.6. The molecular weight excluding hydrogens is 222 g/mol. The number of nitrogens with zero attached hydrogens (tertiary/aromatic N) is 1. The fourth-order valence-corrected chi connectivity index (χ4v) is 2.76.